The van der Waals surface area contributed by atoms with Gasteiger partial charge in [0.1, 0.15) is 10.6 Å². The zero-order valence-electron chi connectivity index (χ0n) is 14.8. The predicted octanol–water partition coefficient (Wildman–Crippen LogP) is 0.171. The molecule has 16 heteroatoms. The lowest BCUT2D eigenvalue weighted by molar-refractivity contribution is -0.275. The second kappa shape index (κ2) is 8.21. The molecule has 158 valence electrons. The third-order valence-electron chi connectivity index (χ3n) is 3.06. The van der Waals surface area contributed by atoms with E-state index in [4.69, 9.17) is 21.1 Å². The fraction of sp³-hybridized carbons (Fsp3) is 0.231. The van der Waals surface area contributed by atoms with Crippen LogP contribution in [-0.4, -0.2) is 49.9 Å². The van der Waals surface area contributed by atoms with Gasteiger partial charge in [0.2, 0.25) is 5.96 Å². The molecule has 1 heterocycles. The van der Waals surface area contributed by atoms with Gasteiger partial charge in [-0.05, 0) is 12.1 Å². The van der Waals surface area contributed by atoms with E-state index in [-0.39, 0.29) is 16.3 Å². The van der Waals surface area contributed by atoms with Crippen LogP contribution in [0.2, 0.25) is 0 Å². The number of sulfonamides is 1. The van der Waals surface area contributed by atoms with Crippen LogP contribution in [0.1, 0.15) is 0 Å². The summed E-state index contributed by atoms with van der Waals surface area (Å²) in [5.74, 6) is 2.47. The zero-order chi connectivity index (χ0) is 21.8. The quantitative estimate of drug-likeness (QED) is 0.275. The molecule has 0 aliphatic carbocycles. The van der Waals surface area contributed by atoms with Crippen LogP contribution in [0.3, 0.4) is 0 Å². The highest BCUT2D eigenvalue weighted by Gasteiger charge is 2.38. The number of guanidine groups is 1. The lowest BCUT2D eigenvalue weighted by Crippen LogP contribution is -2.44. The third-order valence-corrected chi connectivity index (χ3v) is 4.79. The van der Waals surface area contributed by atoms with E-state index in [1.807, 2.05) is 0 Å². The van der Waals surface area contributed by atoms with Gasteiger partial charge >= 0.3 is 18.4 Å². The molecule has 2 aromatic rings. The van der Waals surface area contributed by atoms with Gasteiger partial charge in [-0.2, -0.15) is 14.3 Å². The molecule has 0 fully saturated rings. The van der Waals surface area contributed by atoms with Gasteiger partial charge in [-0.3, -0.25) is 0 Å². The number of ether oxygens (including phenoxy) is 3. The molecule has 1 aromatic heterocycles. The maximum absolute atomic E-state index is 13.1. The molecular formula is C13H14F3N7O5S. The average molecular weight is 437 g/mol. The summed E-state index contributed by atoms with van der Waals surface area (Å²) in [4.78, 5) is 10.2. The Morgan fingerprint density at radius 2 is 1.66 bits per heavy atom. The van der Waals surface area contributed by atoms with Crippen LogP contribution in [0.5, 0.6) is 17.8 Å². The first-order chi connectivity index (χ1) is 13.5. The van der Waals surface area contributed by atoms with Crippen LogP contribution >= 0.6 is 0 Å². The second-order valence-electron chi connectivity index (χ2n) is 4.86. The highest BCUT2D eigenvalue weighted by molar-refractivity contribution is 7.93. The molecule has 2 rings (SSSR count). The Kier molecular flexibility index (Phi) is 6.15. The van der Waals surface area contributed by atoms with Gasteiger partial charge in [0.05, 0.1) is 14.2 Å². The number of para-hydroxylation sites is 1. The van der Waals surface area contributed by atoms with Gasteiger partial charge in [-0.1, -0.05) is 12.1 Å². The number of hydrogen-bond donors (Lipinski definition) is 2. The normalized spacial score (nSPS) is 12.4. The molecular weight excluding hydrogens is 423 g/mol. The summed E-state index contributed by atoms with van der Waals surface area (Å²) in [5, 5.41) is 3.07. The van der Waals surface area contributed by atoms with Crippen molar-refractivity contribution in [3.63, 3.8) is 0 Å². The Labute approximate surface area is 162 Å². The van der Waals surface area contributed by atoms with Gasteiger partial charge in [0.25, 0.3) is 16.0 Å². The number of halogens is 3. The minimum absolute atomic E-state index is 0.179. The summed E-state index contributed by atoms with van der Waals surface area (Å²) in [6.07, 6.45) is -5.16. The summed E-state index contributed by atoms with van der Waals surface area (Å²) < 4.78 is 77.9. The van der Waals surface area contributed by atoms with Crippen LogP contribution in [-0.2, 0) is 10.0 Å². The summed E-state index contributed by atoms with van der Waals surface area (Å²) >= 11 is 0. The minimum atomic E-state index is -5.16. The number of benzene rings is 1. The Morgan fingerprint density at radius 1 is 1.10 bits per heavy atom. The smallest absolute Gasteiger partial charge is 0.467 e. The fourth-order valence-electron chi connectivity index (χ4n) is 1.96. The molecule has 0 aliphatic rings. The Hall–Kier alpha value is -3.56. The van der Waals surface area contributed by atoms with Crippen LogP contribution < -0.4 is 30.1 Å². The number of alkyl halides is 3. The monoisotopic (exact) mass is 437 g/mol. The molecule has 0 unspecified atom stereocenters. The van der Waals surface area contributed by atoms with Gasteiger partial charge in [-0.15, -0.1) is 23.3 Å². The van der Waals surface area contributed by atoms with Crippen LogP contribution in [0.15, 0.2) is 34.3 Å². The number of methoxy groups -OCH3 is 2. The zero-order valence-corrected chi connectivity index (χ0v) is 15.6. The number of hydrogen-bond acceptors (Lipinski definition) is 10. The summed E-state index contributed by atoms with van der Waals surface area (Å²) in [6.45, 7) is 0. The SMILES string of the molecule is COc1nc(OC)nc(N(C(N)=NN)S(=O)(=O)c2ccccc2OC(F)(F)F)n1. The van der Waals surface area contributed by atoms with E-state index in [2.05, 4.69) is 24.8 Å². The van der Waals surface area contributed by atoms with Crippen molar-refractivity contribution in [1.82, 2.24) is 15.0 Å². The first-order valence-electron chi connectivity index (χ1n) is 7.31. The number of nitrogens with two attached hydrogens (primary N) is 2. The Balaban J connectivity index is 2.72. The van der Waals surface area contributed by atoms with E-state index in [0.29, 0.717) is 0 Å². The topological polar surface area (TPSA) is 168 Å². The number of nitrogens with zero attached hydrogens (tertiary/aromatic N) is 5. The summed E-state index contributed by atoms with van der Waals surface area (Å²) in [5.41, 5.74) is 5.56. The molecule has 0 saturated carbocycles. The van der Waals surface area contributed by atoms with E-state index >= 15 is 0 Å². The van der Waals surface area contributed by atoms with E-state index in [1.165, 1.54) is 20.3 Å². The predicted molar refractivity (Wildman–Crippen MR) is 91.5 cm³/mol. The van der Waals surface area contributed by atoms with Crippen molar-refractivity contribution in [2.45, 2.75) is 11.3 Å². The van der Waals surface area contributed by atoms with Crippen molar-refractivity contribution in [1.29, 1.82) is 0 Å². The lowest BCUT2D eigenvalue weighted by atomic mass is 10.3. The van der Waals surface area contributed by atoms with E-state index in [0.717, 1.165) is 18.2 Å². The Bertz CT molecular complexity index is 994. The molecule has 0 radical (unpaired) electrons. The molecule has 0 saturated heterocycles. The van der Waals surface area contributed by atoms with Gasteiger partial charge < -0.3 is 25.8 Å². The molecule has 0 spiro atoms. The number of rotatable bonds is 6. The van der Waals surface area contributed by atoms with Crippen LogP contribution in [0.25, 0.3) is 0 Å². The van der Waals surface area contributed by atoms with Crippen molar-refractivity contribution < 1.29 is 35.8 Å². The molecule has 0 atom stereocenters. The lowest BCUT2D eigenvalue weighted by Gasteiger charge is -2.22. The molecule has 4 N–H and O–H groups in total. The number of hydrazone groups is 1. The van der Waals surface area contributed by atoms with Gasteiger partial charge in [-0.25, -0.2) is 8.42 Å². The van der Waals surface area contributed by atoms with Crippen molar-refractivity contribution in [2.75, 3.05) is 18.5 Å². The van der Waals surface area contributed by atoms with Gasteiger partial charge in [0.15, 0.2) is 0 Å². The molecule has 0 aliphatic heterocycles. The van der Waals surface area contributed by atoms with Crippen molar-refractivity contribution in [3.8, 4) is 17.8 Å². The maximum Gasteiger partial charge on any atom is 0.573 e. The summed E-state index contributed by atoms with van der Waals surface area (Å²) in [7, 11) is -2.57. The molecule has 1 aromatic carbocycles. The van der Waals surface area contributed by atoms with E-state index in [9.17, 15) is 21.6 Å². The molecule has 12 nitrogen and oxygen atoms in total. The Morgan fingerprint density at radius 3 is 2.14 bits per heavy atom. The summed E-state index contributed by atoms with van der Waals surface area (Å²) in [6, 6.07) is 3.19. The van der Waals surface area contributed by atoms with Crippen LogP contribution in [0.4, 0.5) is 19.1 Å². The third kappa shape index (κ3) is 4.84. The fourth-order valence-corrected chi connectivity index (χ4v) is 3.36. The molecule has 29 heavy (non-hydrogen) atoms. The average Bonchev–Trinajstić information content (AvgIpc) is 2.66. The van der Waals surface area contributed by atoms with Crippen molar-refractivity contribution >= 4 is 21.9 Å². The maximum atomic E-state index is 13.1. The highest BCUT2D eigenvalue weighted by atomic mass is 32.2. The first-order valence-corrected chi connectivity index (χ1v) is 8.75. The van der Waals surface area contributed by atoms with Gasteiger partial charge in [0, 0.05) is 0 Å². The van der Waals surface area contributed by atoms with Crippen molar-refractivity contribution in [2.24, 2.45) is 16.7 Å². The standard InChI is InChI=1S/C13H14F3N7O5S/c1-26-11-19-10(20-12(21-11)27-2)23(9(17)22-18)29(24,25)8-6-4-3-5-7(8)28-13(14,15)16/h3-6H,18H2,1-2H3,(H2,17,22). The number of anilines is 1. The van der Waals surface area contributed by atoms with E-state index in [1.54, 1.807) is 0 Å². The van der Waals surface area contributed by atoms with E-state index < -0.39 is 38.9 Å². The largest absolute Gasteiger partial charge is 0.573 e. The molecule has 0 bridgehead atoms. The highest BCUT2D eigenvalue weighted by Crippen LogP contribution is 2.32. The second-order valence-corrected chi connectivity index (χ2v) is 6.62. The number of aromatic nitrogens is 3. The minimum Gasteiger partial charge on any atom is -0.467 e. The van der Waals surface area contributed by atoms with Crippen LogP contribution in [0, 0.1) is 0 Å². The molecule has 0 amide bonds. The van der Waals surface area contributed by atoms with Crippen molar-refractivity contribution in [3.05, 3.63) is 24.3 Å². The first kappa shape index (κ1) is 21.7.